The van der Waals surface area contributed by atoms with Crippen LogP contribution in [0.15, 0.2) is 52.6 Å². The molecule has 0 atom stereocenters. The lowest BCUT2D eigenvalue weighted by Gasteiger charge is -2.13. The molecule has 1 aromatic carbocycles. The summed E-state index contributed by atoms with van der Waals surface area (Å²) in [7, 11) is 1.30. The number of ether oxygens (including phenoxy) is 2. The fraction of sp³-hybridized carbons (Fsp3) is 0.368. The van der Waals surface area contributed by atoms with Crippen molar-refractivity contribution in [2.24, 2.45) is 4.99 Å². The number of hydrogen-bond donors (Lipinski definition) is 3. The van der Waals surface area contributed by atoms with Crippen molar-refractivity contribution >= 4 is 40.0 Å². The van der Waals surface area contributed by atoms with Gasteiger partial charge in [0, 0.05) is 39.1 Å². The molecule has 0 aliphatic heterocycles. The van der Waals surface area contributed by atoms with Crippen molar-refractivity contribution in [2.45, 2.75) is 11.3 Å². The highest BCUT2D eigenvalue weighted by atomic mass is 127. The van der Waals surface area contributed by atoms with Crippen LogP contribution in [-0.4, -0.2) is 60.3 Å². The summed E-state index contributed by atoms with van der Waals surface area (Å²) in [6.45, 7) is 1.25. The van der Waals surface area contributed by atoms with Gasteiger partial charge in [0.25, 0.3) is 0 Å². The average molecular weight is 549 g/mol. The molecule has 2 rings (SSSR count). The van der Waals surface area contributed by atoms with Gasteiger partial charge >= 0.3 is 0 Å². The molecule has 166 valence electrons. The van der Waals surface area contributed by atoms with Crippen LogP contribution >= 0.6 is 24.0 Å². The standard InChI is InChI=1S/C19H27N5O4S.HI/c1-20-19(22-10-8-15-6-7-17(27-2)18(13-15)28-3)23-11-12-24-29(25,26)16-5-4-9-21-14-16;/h4-7,9,13-14,24H,8,10-12H2,1-3H3,(H2,20,22,23);1H. The molecule has 0 radical (unpaired) electrons. The van der Waals surface area contributed by atoms with Crippen LogP contribution in [0.2, 0.25) is 0 Å². The van der Waals surface area contributed by atoms with Crippen LogP contribution < -0.4 is 24.8 Å². The lowest BCUT2D eigenvalue weighted by molar-refractivity contribution is 0.354. The van der Waals surface area contributed by atoms with Gasteiger partial charge in [-0.25, -0.2) is 13.1 Å². The molecule has 0 unspecified atom stereocenters. The monoisotopic (exact) mass is 549 g/mol. The molecule has 9 nitrogen and oxygen atoms in total. The number of aromatic nitrogens is 1. The summed E-state index contributed by atoms with van der Waals surface area (Å²) in [6.07, 6.45) is 3.59. The van der Waals surface area contributed by atoms with Gasteiger partial charge in [-0.05, 0) is 36.2 Å². The third kappa shape index (κ3) is 7.95. The molecular formula is C19H28IN5O4S. The maximum absolute atomic E-state index is 12.1. The van der Waals surface area contributed by atoms with Crippen molar-refractivity contribution in [3.05, 3.63) is 48.3 Å². The number of pyridine rings is 1. The molecule has 0 saturated carbocycles. The summed E-state index contributed by atoms with van der Waals surface area (Å²) in [5, 5.41) is 6.27. The maximum Gasteiger partial charge on any atom is 0.242 e. The first-order chi connectivity index (χ1) is 14.0. The van der Waals surface area contributed by atoms with Gasteiger partial charge in [0.05, 0.1) is 14.2 Å². The minimum absolute atomic E-state index is 0. The van der Waals surface area contributed by atoms with Gasteiger partial charge in [-0.1, -0.05) is 6.07 Å². The highest BCUT2D eigenvalue weighted by Crippen LogP contribution is 2.27. The van der Waals surface area contributed by atoms with Gasteiger partial charge in [0.1, 0.15) is 4.90 Å². The quantitative estimate of drug-likeness (QED) is 0.178. The van der Waals surface area contributed by atoms with Crippen molar-refractivity contribution in [3.8, 4) is 11.5 Å². The third-order valence-electron chi connectivity index (χ3n) is 4.03. The Labute approximate surface area is 194 Å². The van der Waals surface area contributed by atoms with E-state index in [1.807, 2.05) is 18.2 Å². The number of sulfonamides is 1. The van der Waals surface area contributed by atoms with E-state index in [2.05, 4.69) is 25.3 Å². The number of aliphatic imine (C=N–C) groups is 1. The molecule has 3 N–H and O–H groups in total. The van der Waals surface area contributed by atoms with E-state index in [9.17, 15) is 8.42 Å². The predicted octanol–water partition coefficient (Wildman–Crippen LogP) is 1.40. The van der Waals surface area contributed by atoms with Crippen LogP contribution in [0.3, 0.4) is 0 Å². The van der Waals surface area contributed by atoms with E-state index < -0.39 is 10.0 Å². The Morgan fingerprint density at radius 2 is 1.80 bits per heavy atom. The van der Waals surface area contributed by atoms with Crippen LogP contribution in [0.5, 0.6) is 11.5 Å². The van der Waals surface area contributed by atoms with Gasteiger partial charge in [-0.15, -0.1) is 24.0 Å². The highest BCUT2D eigenvalue weighted by Gasteiger charge is 2.12. The zero-order valence-electron chi connectivity index (χ0n) is 17.2. The van der Waals surface area contributed by atoms with Crippen LogP contribution in [-0.2, 0) is 16.4 Å². The summed E-state index contributed by atoms with van der Waals surface area (Å²) in [6, 6.07) is 8.86. The number of benzene rings is 1. The number of hydrogen-bond acceptors (Lipinski definition) is 6. The molecule has 2 aromatic rings. The molecule has 1 aromatic heterocycles. The van der Waals surface area contributed by atoms with Crippen LogP contribution in [0.1, 0.15) is 5.56 Å². The van der Waals surface area contributed by atoms with Crippen molar-refractivity contribution in [3.63, 3.8) is 0 Å². The lowest BCUT2D eigenvalue weighted by atomic mass is 10.1. The molecule has 0 bridgehead atoms. The summed E-state index contributed by atoms with van der Waals surface area (Å²) < 4.78 is 37.3. The second kappa shape index (κ2) is 13.2. The topological polar surface area (TPSA) is 114 Å². The minimum Gasteiger partial charge on any atom is -0.493 e. The van der Waals surface area contributed by atoms with E-state index >= 15 is 0 Å². The summed E-state index contributed by atoms with van der Waals surface area (Å²) in [5.41, 5.74) is 1.09. The van der Waals surface area contributed by atoms with E-state index in [0.717, 1.165) is 12.0 Å². The molecule has 30 heavy (non-hydrogen) atoms. The van der Waals surface area contributed by atoms with E-state index in [-0.39, 0.29) is 35.4 Å². The second-order valence-electron chi connectivity index (χ2n) is 5.95. The number of guanidine groups is 1. The van der Waals surface area contributed by atoms with Crippen molar-refractivity contribution in [1.29, 1.82) is 0 Å². The normalized spacial score (nSPS) is 11.4. The number of methoxy groups -OCH3 is 2. The molecule has 0 saturated heterocycles. The molecular weight excluding hydrogens is 521 g/mol. The first-order valence-electron chi connectivity index (χ1n) is 9.05. The first-order valence-corrected chi connectivity index (χ1v) is 10.5. The Bertz CT molecular complexity index is 910. The highest BCUT2D eigenvalue weighted by molar-refractivity contribution is 14.0. The fourth-order valence-corrected chi connectivity index (χ4v) is 3.53. The smallest absolute Gasteiger partial charge is 0.242 e. The van der Waals surface area contributed by atoms with Gasteiger partial charge in [-0.3, -0.25) is 9.98 Å². The first kappa shape index (κ1) is 25.9. The summed E-state index contributed by atoms with van der Waals surface area (Å²) in [5.74, 6) is 1.97. The van der Waals surface area contributed by atoms with Crippen LogP contribution in [0.4, 0.5) is 0 Å². The van der Waals surface area contributed by atoms with Crippen molar-refractivity contribution < 1.29 is 17.9 Å². The Hall–Kier alpha value is -2.12. The van der Waals surface area contributed by atoms with Gasteiger partial charge < -0.3 is 20.1 Å². The third-order valence-corrected chi connectivity index (χ3v) is 5.48. The SMILES string of the molecule is CN=C(NCCNS(=O)(=O)c1cccnc1)NCCc1ccc(OC)c(OC)c1.I. The molecule has 11 heteroatoms. The predicted molar refractivity (Wildman–Crippen MR) is 127 cm³/mol. The largest absolute Gasteiger partial charge is 0.493 e. The zero-order chi connectivity index (χ0) is 21.1. The Morgan fingerprint density at radius 3 is 2.43 bits per heavy atom. The number of nitrogens with one attached hydrogen (secondary N) is 3. The van der Waals surface area contributed by atoms with E-state index in [1.165, 1.54) is 18.5 Å². The molecule has 0 fully saturated rings. The molecule has 0 aliphatic rings. The summed E-state index contributed by atoms with van der Waals surface area (Å²) in [4.78, 5) is 8.09. The van der Waals surface area contributed by atoms with Crippen molar-refractivity contribution in [1.82, 2.24) is 20.3 Å². The van der Waals surface area contributed by atoms with Gasteiger partial charge in [0.2, 0.25) is 10.0 Å². The Balaban J connectivity index is 0.00000450. The van der Waals surface area contributed by atoms with Gasteiger partial charge in [-0.2, -0.15) is 0 Å². The second-order valence-corrected chi connectivity index (χ2v) is 7.72. The molecule has 0 amide bonds. The molecule has 0 aliphatic carbocycles. The van der Waals surface area contributed by atoms with E-state index in [1.54, 1.807) is 27.3 Å². The van der Waals surface area contributed by atoms with Crippen LogP contribution in [0, 0.1) is 0 Å². The average Bonchev–Trinajstić information content (AvgIpc) is 2.75. The number of nitrogens with zero attached hydrogens (tertiary/aromatic N) is 2. The Kier molecular flexibility index (Phi) is 11.4. The number of halogens is 1. The Morgan fingerprint density at radius 1 is 1.07 bits per heavy atom. The molecule has 0 spiro atoms. The zero-order valence-corrected chi connectivity index (χ0v) is 20.4. The maximum atomic E-state index is 12.1. The lowest BCUT2D eigenvalue weighted by Crippen LogP contribution is -2.42. The van der Waals surface area contributed by atoms with E-state index in [0.29, 0.717) is 30.5 Å². The minimum atomic E-state index is -3.57. The number of rotatable bonds is 10. The summed E-state index contributed by atoms with van der Waals surface area (Å²) >= 11 is 0. The molecule has 1 heterocycles. The van der Waals surface area contributed by atoms with Crippen molar-refractivity contribution in [2.75, 3.05) is 40.9 Å². The fourth-order valence-electron chi connectivity index (χ4n) is 2.54. The van der Waals surface area contributed by atoms with E-state index in [4.69, 9.17) is 9.47 Å². The van der Waals surface area contributed by atoms with Gasteiger partial charge in [0.15, 0.2) is 17.5 Å². The van der Waals surface area contributed by atoms with Crippen LogP contribution in [0.25, 0.3) is 0 Å².